The van der Waals surface area contributed by atoms with Gasteiger partial charge in [-0.15, -0.1) is 0 Å². The standard InChI is InChI=1S/C14H22N4/c1-11(2)7-14(18(3)4)10-17-13-6-5-12(8-15)16-9-13/h5-6,9,11,14,17H,7,10H2,1-4H3. The summed E-state index contributed by atoms with van der Waals surface area (Å²) < 4.78 is 0. The van der Waals surface area contributed by atoms with Gasteiger partial charge in [0.15, 0.2) is 0 Å². The topological polar surface area (TPSA) is 52.0 Å². The third-order valence-electron chi connectivity index (χ3n) is 2.89. The predicted octanol–water partition coefficient (Wildman–Crippen LogP) is 2.34. The molecule has 1 aromatic rings. The van der Waals surface area contributed by atoms with Crippen LogP contribution >= 0.6 is 0 Å². The second-order valence-electron chi connectivity index (χ2n) is 5.17. The van der Waals surface area contributed by atoms with Gasteiger partial charge in [0.1, 0.15) is 11.8 Å². The molecule has 1 atom stereocenters. The van der Waals surface area contributed by atoms with Crippen LogP contribution in [0.2, 0.25) is 0 Å². The number of nitrogens with one attached hydrogen (secondary N) is 1. The van der Waals surface area contributed by atoms with Crippen molar-refractivity contribution in [1.82, 2.24) is 9.88 Å². The minimum absolute atomic E-state index is 0.451. The Bertz CT molecular complexity index is 389. The quantitative estimate of drug-likeness (QED) is 0.837. The lowest BCUT2D eigenvalue weighted by molar-refractivity contribution is 0.266. The minimum Gasteiger partial charge on any atom is -0.382 e. The number of nitriles is 1. The van der Waals surface area contributed by atoms with E-state index in [9.17, 15) is 0 Å². The number of anilines is 1. The minimum atomic E-state index is 0.451. The highest BCUT2D eigenvalue weighted by Gasteiger charge is 2.12. The lowest BCUT2D eigenvalue weighted by atomic mass is 10.0. The van der Waals surface area contributed by atoms with Crippen molar-refractivity contribution in [3.05, 3.63) is 24.0 Å². The molecule has 0 radical (unpaired) electrons. The van der Waals surface area contributed by atoms with Crippen molar-refractivity contribution in [2.24, 2.45) is 5.92 Å². The number of rotatable bonds is 6. The van der Waals surface area contributed by atoms with Crippen molar-refractivity contribution in [2.45, 2.75) is 26.3 Å². The number of hydrogen-bond donors (Lipinski definition) is 1. The molecule has 0 amide bonds. The van der Waals surface area contributed by atoms with Crippen LogP contribution in [0.1, 0.15) is 26.0 Å². The van der Waals surface area contributed by atoms with E-state index in [0.717, 1.165) is 18.7 Å². The van der Waals surface area contributed by atoms with Gasteiger partial charge in [0.05, 0.1) is 11.9 Å². The van der Waals surface area contributed by atoms with Gasteiger partial charge in [-0.3, -0.25) is 0 Å². The molecule has 0 saturated heterocycles. The molecule has 0 fully saturated rings. The molecule has 1 N–H and O–H groups in total. The first-order valence-electron chi connectivity index (χ1n) is 6.29. The van der Waals surface area contributed by atoms with Crippen molar-refractivity contribution in [3.8, 4) is 6.07 Å². The Morgan fingerprint density at radius 1 is 1.39 bits per heavy atom. The number of likely N-dealkylation sites (N-methyl/N-ethyl adjacent to an activating group) is 1. The van der Waals surface area contributed by atoms with Crippen LogP contribution in [0.3, 0.4) is 0 Å². The van der Waals surface area contributed by atoms with Crippen LogP contribution in [-0.2, 0) is 0 Å². The fourth-order valence-corrected chi connectivity index (χ4v) is 1.82. The molecule has 18 heavy (non-hydrogen) atoms. The lowest BCUT2D eigenvalue weighted by Crippen LogP contribution is -2.35. The summed E-state index contributed by atoms with van der Waals surface area (Å²) in [4.78, 5) is 6.28. The van der Waals surface area contributed by atoms with Crippen LogP contribution in [0, 0.1) is 17.2 Å². The van der Waals surface area contributed by atoms with Crippen molar-refractivity contribution in [2.75, 3.05) is 26.0 Å². The molecule has 1 aromatic heterocycles. The molecule has 1 unspecified atom stereocenters. The van der Waals surface area contributed by atoms with E-state index in [0.29, 0.717) is 17.7 Å². The molecule has 0 bridgehead atoms. The van der Waals surface area contributed by atoms with E-state index in [4.69, 9.17) is 5.26 Å². The highest BCUT2D eigenvalue weighted by atomic mass is 15.1. The van der Waals surface area contributed by atoms with Gasteiger partial charge < -0.3 is 10.2 Å². The summed E-state index contributed by atoms with van der Waals surface area (Å²) in [5.41, 5.74) is 1.41. The van der Waals surface area contributed by atoms with Crippen LogP contribution in [0.25, 0.3) is 0 Å². The maximum Gasteiger partial charge on any atom is 0.140 e. The van der Waals surface area contributed by atoms with Gasteiger partial charge in [0.2, 0.25) is 0 Å². The number of hydrogen-bond acceptors (Lipinski definition) is 4. The molecule has 0 spiro atoms. The van der Waals surface area contributed by atoms with E-state index in [1.54, 1.807) is 12.3 Å². The number of aromatic nitrogens is 1. The zero-order valence-corrected chi connectivity index (χ0v) is 11.6. The first-order chi connectivity index (χ1) is 8.52. The third kappa shape index (κ3) is 4.72. The summed E-state index contributed by atoms with van der Waals surface area (Å²) in [5.74, 6) is 0.679. The average Bonchev–Trinajstić information content (AvgIpc) is 2.34. The smallest absolute Gasteiger partial charge is 0.140 e. The maximum absolute atomic E-state index is 8.68. The molecule has 4 heteroatoms. The Balaban J connectivity index is 2.53. The van der Waals surface area contributed by atoms with Gasteiger partial charge in [-0.25, -0.2) is 4.98 Å². The van der Waals surface area contributed by atoms with E-state index in [2.05, 4.69) is 43.1 Å². The maximum atomic E-state index is 8.68. The molecular weight excluding hydrogens is 224 g/mol. The molecule has 1 heterocycles. The molecule has 1 rings (SSSR count). The van der Waals surface area contributed by atoms with Gasteiger partial charge >= 0.3 is 0 Å². The van der Waals surface area contributed by atoms with Gasteiger partial charge in [-0.1, -0.05) is 13.8 Å². The molecule has 4 nitrogen and oxygen atoms in total. The van der Waals surface area contributed by atoms with Gasteiger partial charge in [0, 0.05) is 12.6 Å². The predicted molar refractivity (Wildman–Crippen MR) is 74.4 cm³/mol. The summed E-state index contributed by atoms with van der Waals surface area (Å²) >= 11 is 0. The zero-order valence-electron chi connectivity index (χ0n) is 11.6. The second-order valence-corrected chi connectivity index (χ2v) is 5.17. The van der Waals surface area contributed by atoms with Gasteiger partial charge in [0.25, 0.3) is 0 Å². The van der Waals surface area contributed by atoms with E-state index in [1.165, 1.54) is 0 Å². The van der Waals surface area contributed by atoms with Crippen LogP contribution in [0.15, 0.2) is 18.3 Å². The van der Waals surface area contributed by atoms with Crippen molar-refractivity contribution >= 4 is 5.69 Å². The highest BCUT2D eigenvalue weighted by molar-refractivity contribution is 5.42. The lowest BCUT2D eigenvalue weighted by Gasteiger charge is -2.26. The Hall–Kier alpha value is -1.60. The molecular formula is C14H22N4. The second kappa shape index (κ2) is 6.97. The largest absolute Gasteiger partial charge is 0.382 e. The summed E-state index contributed by atoms with van der Waals surface area (Å²) in [7, 11) is 4.21. The Labute approximate surface area is 110 Å². The van der Waals surface area contributed by atoms with Crippen molar-refractivity contribution in [3.63, 3.8) is 0 Å². The first kappa shape index (κ1) is 14.5. The number of nitrogens with zero attached hydrogens (tertiary/aromatic N) is 3. The Morgan fingerprint density at radius 3 is 2.56 bits per heavy atom. The van der Waals surface area contributed by atoms with E-state index >= 15 is 0 Å². The molecule has 0 aliphatic rings. The molecule has 98 valence electrons. The summed E-state index contributed by atoms with van der Waals surface area (Å²) in [6.07, 6.45) is 2.87. The highest BCUT2D eigenvalue weighted by Crippen LogP contribution is 2.11. The van der Waals surface area contributed by atoms with Crippen molar-refractivity contribution in [1.29, 1.82) is 5.26 Å². The SMILES string of the molecule is CC(C)CC(CNc1ccc(C#N)nc1)N(C)C. The molecule has 0 aliphatic heterocycles. The Kier molecular flexibility index (Phi) is 5.60. The van der Waals surface area contributed by atoms with Crippen LogP contribution in [0.5, 0.6) is 0 Å². The van der Waals surface area contributed by atoms with Crippen LogP contribution in [-0.4, -0.2) is 36.6 Å². The Morgan fingerprint density at radius 2 is 2.11 bits per heavy atom. The van der Waals surface area contributed by atoms with E-state index < -0.39 is 0 Å². The fourth-order valence-electron chi connectivity index (χ4n) is 1.82. The fraction of sp³-hybridized carbons (Fsp3) is 0.571. The summed E-state index contributed by atoms with van der Waals surface area (Å²) in [6, 6.07) is 6.14. The van der Waals surface area contributed by atoms with Crippen molar-refractivity contribution < 1.29 is 0 Å². The molecule has 0 aromatic carbocycles. The zero-order chi connectivity index (χ0) is 13.5. The first-order valence-corrected chi connectivity index (χ1v) is 6.29. The van der Waals surface area contributed by atoms with Crippen LogP contribution < -0.4 is 5.32 Å². The molecule has 0 saturated carbocycles. The van der Waals surface area contributed by atoms with Crippen LogP contribution in [0.4, 0.5) is 5.69 Å². The van der Waals surface area contributed by atoms with Gasteiger partial charge in [-0.2, -0.15) is 5.26 Å². The third-order valence-corrected chi connectivity index (χ3v) is 2.89. The monoisotopic (exact) mass is 246 g/mol. The summed E-state index contributed by atoms with van der Waals surface area (Å²) in [6.45, 7) is 5.36. The summed E-state index contributed by atoms with van der Waals surface area (Å²) in [5, 5.41) is 12.0. The van der Waals surface area contributed by atoms with E-state index in [-0.39, 0.29) is 0 Å². The molecule has 0 aliphatic carbocycles. The normalized spacial score (nSPS) is 12.5. The average molecular weight is 246 g/mol. The van der Waals surface area contributed by atoms with E-state index in [1.807, 2.05) is 12.1 Å². The van der Waals surface area contributed by atoms with Gasteiger partial charge in [-0.05, 0) is 38.6 Å². The number of pyridine rings is 1.